The molecule has 0 radical (unpaired) electrons. The third-order valence-electron chi connectivity index (χ3n) is 4.29. The second-order valence-corrected chi connectivity index (χ2v) is 5.90. The van der Waals surface area contributed by atoms with Crippen molar-refractivity contribution in [2.75, 3.05) is 57.0 Å². The van der Waals surface area contributed by atoms with Crippen LogP contribution in [0.3, 0.4) is 0 Å². The standard InChI is InChI=1S/C15H26N3O/c1-13-12-14(4-5-15(13)16)17-6-3-8-18(2,9-7-17)10-11-19/h4-5,12,19H,3,6-11,16H2,1-2H3/q+1. The van der Waals surface area contributed by atoms with E-state index < -0.39 is 0 Å². The van der Waals surface area contributed by atoms with Gasteiger partial charge in [-0.3, -0.25) is 0 Å². The summed E-state index contributed by atoms with van der Waals surface area (Å²) in [6.07, 6.45) is 1.17. The van der Waals surface area contributed by atoms with Crippen molar-refractivity contribution < 1.29 is 9.59 Å². The molecule has 4 heteroatoms. The summed E-state index contributed by atoms with van der Waals surface area (Å²) in [5.74, 6) is 0. The maximum absolute atomic E-state index is 9.18. The van der Waals surface area contributed by atoms with E-state index in [1.165, 1.54) is 12.1 Å². The Morgan fingerprint density at radius 3 is 2.79 bits per heavy atom. The first-order valence-corrected chi connectivity index (χ1v) is 7.09. The molecule has 19 heavy (non-hydrogen) atoms. The molecular weight excluding hydrogens is 238 g/mol. The van der Waals surface area contributed by atoms with E-state index in [1.54, 1.807) is 0 Å². The van der Waals surface area contributed by atoms with Gasteiger partial charge in [-0.25, -0.2) is 0 Å². The molecule has 2 rings (SSSR count). The van der Waals surface area contributed by atoms with Crippen LogP contribution in [0.5, 0.6) is 0 Å². The third kappa shape index (κ3) is 3.39. The molecular formula is C15H26N3O+. The molecule has 1 aliphatic rings. The third-order valence-corrected chi connectivity index (χ3v) is 4.29. The van der Waals surface area contributed by atoms with Crippen molar-refractivity contribution in [1.82, 2.24) is 0 Å². The number of rotatable bonds is 3. The Kier molecular flexibility index (Phi) is 4.32. The van der Waals surface area contributed by atoms with Gasteiger partial charge < -0.3 is 20.2 Å². The van der Waals surface area contributed by atoms with Gasteiger partial charge in [-0.05, 0) is 30.7 Å². The summed E-state index contributed by atoms with van der Waals surface area (Å²) in [7, 11) is 2.24. The molecule has 106 valence electrons. The zero-order valence-corrected chi connectivity index (χ0v) is 12.1. The number of benzene rings is 1. The summed E-state index contributed by atoms with van der Waals surface area (Å²) >= 11 is 0. The van der Waals surface area contributed by atoms with Crippen LogP contribution < -0.4 is 10.6 Å². The molecule has 0 aromatic heterocycles. The highest BCUT2D eigenvalue weighted by Crippen LogP contribution is 2.22. The Labute approximate surface area is 116 Å². The first-order valence-electron chi connectivity index (χ1n) is 7.09. The molecule has 1 atom stereocenters. The van der Waals surface area contributed by atoms with Crippen molar-refractivity contribution in [2.45, 2.75) is 13.3 Å². The predicted octanol–water partition coefficient (Wildman–Crippen LogP) is 1.23. The van der Waals surface area contributed by atoms with Gasteiger partial charge in [-0.1, -0.05) is 0 Å². The fourth-order valence-electron chi connectivity index (χ4n) is 2.81. The number of aliphatic hydroxyl groups excluding tert-OH is 1. The monoisotopic (exact) mass is 264 g/mol. The molecule has 1 aromatic rings. The van der Waals surface area contributed by atoms with Crippen molar-refractivity contribution >= 4 is 11.4 Å². The molecule has 1 heterocycles. The summed E-state index contributed by atoms with van der Waals surface area (Å²) in [6.45, 7) is 7.55. The van der Waals surface area contributed by atoms with Crippen molar-refractivity contribution in [2.24, 2.45) is 0 Å². The van der Waals surface area contributed by atoms with Crippen LogP contribution >= 0.6 is 0 Å². The van der Waals surface area contributed by atoms with E-state index in [0.29, 0.717) is 0 Å². The summed E-state index contributed by atoms with van der Waals surface area (Å²) < 4.78 is 0.973. The molecule has 0 bridgehead atoms. The minimum atomic E-state index is 0.275. The molecule has 1 saturated heterocycles. The fraction of sp³-hybridized carbons (Fsp3) is 0.600. The molecule has 1 aromatic carbocycles. The van der Waals surface area contributed by atoms with Gasteiger partial charge in [0.05, 0.1) is 33.3 Å². The Balaban J connectivity index is 2.08. The summed E-state index contributed by atoms with van der Waals surface area (Å²) in [6, 6.07) is 6.29. The van der Waals surface area contributed by atoms with Crippen LogP contribution in [0.25, 0.3) is 0 Å². The number of nitrogens with two attached hydrogens (primary N) is 1. The number of nitrogen functional groups attached to an aromatic ring is 1. The van der Waals surface area contributed by atoms with E-state index in [9.17, 15) is 5.11 Å². The quantitative estimate of drug-likeness (QED) is 0.637. The Bertz CT molecular complexity index is 435. The van der Waals surface area contributed by atoms with E-state index in [4.69, 9.17) is 5.73 Å². The van der Waals surface area contributed by atoms with Crippen molar-refractivity contribution in [3.8, 4) is 0 Å². The molecule has 1 aliphatic heterocycles. The number of hydrogen-bond donors (Lipinski definition) is 2. The second-order valence-electron chi connectivity index (χ2n) is 5.90. The minimum absolute atomic E-state index is 0.275. The van der Waals surface area contributed by atoms with Gasteiger partial charge in [0.2, 0.25) is 0 Å². The topological polar surface area (TPSA) is 49.5 Å². The number of quaternary nitrogens is 1. The summed E-state index contributed by atoms with van der Waals surface area (Å²) in [5.41, 5.74) is 9.16. The highest BCUT2D eigenvalue weighted by atomic mass is 16.3. The number of aryl methyl sites for hydroxylation is 1. The van der Waals surface area contributed by atoms with E-state index in [0.717, 1.165) is 48.5 Å². The lowest BCUT2D eigenvalue weighted by atomic mass is 10.1. The average Bonchev–Trinajstić information content (AvgIpc) is 2.56. The predicted molar refractivity (Wildman–Crippen MR) is 80.3 cm³/mol. The molecule has 0 amide bonds. The summed E-state index contributed by atoms with van der Waals surface area (Å²) in [5, 5.41) is 9.18. The van der Waals surface area contributed by atoms with Crippen LogP contribution in [0, 0.1) is 6.92 Å². The Hall–Kier alpha value is -1.26. The van der Waals surface area contributed by atoms with Crippen LogP contribution in [-0.2, 0) is 0 Å². The molecule has 3 N–H and O–H groups in total. The van der Waals surface area contributed by atoms with E-state index in [1.807, 2.05) is 6.07 Å². The largest absolute Gasteiger partial charge is 0.399 e. The first-order chi connectivity index (χ1) is 9.04. The number of anilines is 2. The molecule has 1 fully saturated rings. The van der Waals surface area contributed by atoms with Crippen LogP contribution in [0.4, 0.5) is 11.4 Å². The van der Waals surface area contributed by atoms with Gasteiger partial charge in [0.1, 0.15) is 6.54 Å². The van der Waals surface area contributed by atoms with Crippen molar-refractivity contribution in [1.29, 1.82) is 0 Å². The van der Waals surface area contributed by atoms with E-state index in [2.05, 4.69) is 31.0 Å². The van der Waals surface area contributed by atoms with E-state index >= 15 is 0 Å². The number of likely N-dealkylation sites (N-methyl/N-ethyl adjacent to an activating group) is 1. The Morgan fingerprint density at radius 2 is 2.11 bits per heavy atom. The lowest BCUT2D eigenvalue weighted by Crippen LogP contribution is -2.48. The second kappa shape index (κ2) is 5.80. The molecule has 0 aliphatic carbocycles. The van der Waals surface area contributed by atoms with Gasteiger partial charge in [-0.2, -0.15) is 0 Å². The van der Waals surface area contributed by atoms with Gasteiger partial charge >= 0.3 is 0 Å². The number of nitrogens with zero attached hydrogens (tertiary/aromatic N) is 2. The lowest BCUT2D eigenvalue weighted by Gasteiger charge is -2.32. The van der Waals surface area contributed by atoms with Crippen LogP contribution in [0.1, 0.15) is 12.0 Å². The van der Waals surface area contributed by atoms with Crippen molar-refractivity contribution in [3.63, 3.8) is 0 Å². The maximum Gasteiger partial charge on any atom is 0.102 e. The fourth-order valence-corrected chi connectivity index (χ4v) is 2.81. The SMILES string of the molecule is Cc1cc(N2CCC[N+](C)(CCO)CC2)ccc1N. The highest BCUT2D eigenvalue weighted by molar-refractivity contribution is 5.58. The van der Waals surface area contributed by atoms with Gasteiger partial charge in [0.25, 0.3) is 0 Å². The molecule has 4 nitrogen and oxygen atoms in total. The maximum atomic E-state index is 9.18. The van der Waals surface area contributed by atoms with Gasteiger partial charge in [0.15, 0.2) is 0 Å². The smallest absolute Gasteiger partial charge is 0.102 e. The van der Waals surface area contributed by atoms with Crippen LogP contribution in [0.2, 0.25) is 0 Å². The average molecular weight is 264 g/mol. The number of aliphatic hydroxyl groups is 1. The van der Waals surface area contributed by atoms with Gasteiger partial charge in [-0.15, -0.1) is 0 Å². The highest BCUT2D eigenvalue weighted by Gasteiger charge is 2.25. The van der Waals surface area contributed by atoms with Crippen LogP contribution in [-0.4, -0.2) is 56.0 Å². The molecule has 0 spiro atoms. The normalized spacial score (nSPS) is 24.3. The summed E-state index contributed by atoms with van der Waals surface area (Å²) in [4.78, 5) is 2.44. The molecule has 1 unspecified atom stereocenters. The van der Waals surface area contributed by atoms with Crippen molar-refractivity contribution in [3.05, 3.63) is 23.8 Å². The van der Waals surface area contributed by atoms with Crippen LogP contribution in [0.15, 0.2) is 18.2 Å². The minimum Gasteiger partial charge on any atom is -0.399 e. The lowest BCUT2D eigenvalue weighted by molar-refractivity contribution is -0.907. The zero-order valence-electron chi connectivity index (χ0n) is 12.1. The number of hydrogen-bond acceptors (Lipinski definition) is 3. The molecule has 0 saturated carbocycles. The van der Waals surface area contributed by atoms with E-state index in [-0.39, 0.29) is 6.61 Å². The Morgan fingerprint density at radius 1 is 1.32 bits per heavy atom. The zero-order chi connectivity index (χ0) is 13.9. The first kappa shape index (κ1) is 14.2. The van der Waals surface area contributed by atoms with Gasteiger partial charge in [0, 0.05) is 24.3 Å².